The van der Waals surface area contributed by atoms with Gasteiger partial charge in [-0.3, -0.25) is 9.59 Å². The molecule has 0 atom stereocenters. The van der Waals surface area contributed by atoms with Crippen LogP contribution in [0.2, 0.25) is 0 Å². The lowest BCUT2D eigenvalue weighted by atomic mass is 10.0. The molecule has 300 valence electrons. The van der Waals surface area contributed by atoms with Crippen LogP contribution in [0.25, 0.3) is 11.0 Å². The molecule has 1 fully saturated rings. The number of piperidine rings is 1. The third-order valence-corrected chi connectivity index (χ3v) is 9.88. The van der Waals surface area contributed by atoms with Gasteiger partial charge in [0.2, 0.25) is 11.9 Å². The third-order valence-electron chi connectivity index (χ3n) is 9.88. The van der Waals surface area contributed by atoms with E-state index in [9.17, 15) is 14.0 Å². The van der Waals surface area contributed by atoms with Crippen LogP contribution in [0.4, 0.5) is 16.3 Å². The molecule has 0 spiro atoms. The number of imidazole rings is 1. The Morgan fingerprint density at radius 3 is 2.04 bits per heavy atom. The first kappa shape index (κ1) is 42.4. The molecule has 9 nitrogen and oxygen atoms in total. The topological polar surface area (TPSA) is 85.5 Å². The van der Waals surface area contributed by atoms with E-state index in [-0.39, 0.29) is 36.5 Å². The van der Waals surface area contributed by atoms with Crippen LogP contribution in [0, 0.1) is 5.82 Å². The molecule has 0 unspecified atom stereocenters. The highest BCUT2D eigenvalue weighted by Crippen LogP contribution is 2.28. The molecule has 1 aliphatic heterocycles. The smallest absolute Gasteiger partial charge is 0.307 e. The minimum atomic E-state index is -0.365. The maximum absolute atomic E-state index is 13.6. The highest BCUT2D eigenvalue weighted by Gasteiger charge is 2.28. The van der Waals surface area contributed by atoms with Crippen LogP contribution in [-0.4, -0.2) is 51.3 Å². The largest absolute Gasteiger partial charge is 0.444 e. The molecule has 57 heavy (non-hydrogen) atoms. The van der Waals surface area contributed by atoms with Gasteiger partial charge >= 0.3 is 5.97 Å². The number of allylic oxidation sites excluding steroid dienone is 12. The number of hydrogen-bond acceptors (Lipinski definition) is 7. The highest BCUT2D eigenvalue weighted by molar-refractivity contribution is 5.79. The number of esters is 1. The molecule has 0 saturated carbocycles. The Morgan fingerprint density at radius 1 is 0.807 bits per heavy atom. The van der Waals surface area contributed by atoms with Crippen LogP contribution >= 0.6 is 0 Å². The van der Waals surface area contributed by atoms with Crippen molar-refractivity contribution in [2.45, 2.75) is 90.4 Å². The summed E-state index contributed by atoms with van der Waals surface area (Å²) in [5, 5.41) is 0. The van der Waals surface area contributed by atoms with E-state index in [0.717, 1.165) is 87.0 Å². The van der Waals surface area contributed by atoms with Gasteiger partial charge in [-0.05, 0) is 87.6 Å². The number of rotatable bonds is 21. The fraction of sp³-hybridized carbons (Fsp3) is 0.362. The predicted octanol–water partition coefficient (Wildman–Crippen LogP) is 9.86. The number of carbonyl (C=O) groups is 1. The van der Waals surface area contributed by atoms with Gasteiger partial charge in [0.25, 0.3) is 5.56 Å². The van der Waals surface area contributed by atoms with Gasteiger partial charge in [0.15, 0.2) is 6.73 Å². The summed E-state index contributed by atoms with van der Waals surface area (Å²) in [7, 11) is 1.94. The van der Waals surface area contributed by atoms with Crippen LogP contribution in [0.3, 0.4) is 0 Å². The van der Waals surface area contributed by atoms with Crippen molar-refractivity contribution in [2.75, 3.05) is 29.9 Å². The van der Waals surface area contributed by atoms with E-state index >= 15 is 0 Å². The van der Waals surface area contributed by atoms with Gasteiger partial charge < -0.3 is 19.1 Å². The normalized spacial score (nSPS) is 14.3. The number of hydrogen-bond donors (Lipinski definition) is 0. The Kier molecular flexibility index (Phi) is 17.3. The molecular formula is C47H57FN6O3. The van der Waals surface area contributed by atoms with Crippen molar-refractivity contribution in [1.29, 1.82) is 0 Å². The average Bonchev–Trinajstić information content (AvgIpc) is 3.59. The van der Waals surface area contributed by atoms with Gasteiger partial charge in [0.1, 0.15) is 5.82 Å². The van der Waals surface area contributed by atoms with Gasteiger partial charge in [-0.1, -0.05) is 104 Å². The highest BCUT2D eigenvalue weighted by atomic mass is 19.1. The Bertz CT molecular complexity index is 2080. The van der Waals surface area contributed by atoms with Crippen molar-refractivity contribution in [3.8, 4) is 0 Å². The monoisotopic (exact) mass is 772 g/mol. The number of halogens is 1. The molecule has 10 heteroatoms. The van der Waals surface area contributed by atoms with Crippen molar-refractivity contribution >= 4 is 28.9 Å². The summed E-state index contributed by atoms with van der Waals surface area (Å²) in [4.78, 5) is 39.4. The molecule has 2 aromatic heterocycles. The standard InChI is InChI=1S/C47H57FN6O3/c1-3-4-5-6-7-8-9-10-11-12-13-14-15-16-17-18-19-20-21-26-45(56)57-38-54-44(55)31-34-49-46(54)51(2)41-32-35-52(36-33-41)47-50-42-24-22-23-25-43(42)53(47)37-39-27-29-40(48)30-28-39/h4-5,7-8,10-11,13-14,16-17,19-20,22-25,27-31,34,41H,3,6,9,12,15,18,21,26,32-33,35-38H2,1-2H3. The number of para-hydroxylation sites is 2. The number of fused-ring (bicyclic) bond motifs is 1. The Balaban J connectivity index is 1.03. The molecule has 4 aromatic rings. The summed E-state index contributed by atoms with van der Waals surface area (Å²) < 4.78 is 22.8. The molecule has 2 aromatic carbocycles. The lowest BCUT2D eigenvalue weighted by Gasteiger charge is -2.38. The summed E-state index contributed by atoms with van der Waals surface area (Å²) in [6, 6.07) is 16.2. The van der Waals surface area contributed by atoms with Gasteiger partial charge in [0.05, 0.1) is 17.6 Å². The number of benzene rings is 2. The summed E-state index contributed by atoms with van der Waals surface area (Å²) in [5.74, 6) is 0.728. The van der Waals surface area contributed by atoms with Crippen LogP contribution < -0.4 is 15.4 Å². The summed E-state index contributed by atoms with van der Waals surface area (Å²) >= 11 is 0. The first-order valence-electron chi connectivity index (χ1n) is 20.2. The second-order valence-electron chi connectivity index (χ2n) is 14.1. The number of carbonyl (C=O) groups excluding carboxylic acids is 1. The van der Waals surface area contributed by atoms with E-state index in [2.05, 4.69) is 88.2 Å². The second kappa shape index (κ2) is 23.3. The Morgan fingerprint density at radius 2 is 1.40 bits per heavy atom. The summed E-state index contributed by atoms with van der Waals surface area (Å²) in [6.45, 7) is 4.04. The van der Waals surface area contributed by atoms with Crippen LogP contribution in [0.5, 0.6) is 0 Å². The third kappa shape index (κ3) is 13.4. The first-order chi connectivity index (χ1) is 27.9. The molecule has 1 aliphatic rings. The van der Waals surface area contributed by atoms with Crippen LogP contribution in [0.15, 0.2) is 139 Å². The van der Waals surface area contributed by atoms with Crippen LogP contribution in [0.1, 0.15) is 76.7 Å². The molecule has 5 rings (SSSR count). The Hall–Kier alpha value is -5.77. The zero-order valence-corrected chi connectivity index (χ0v) is 33.5. The molecule has 0 N–H and O–H groups in total. The summed E-state index contributed by atoms with van der Waals surface area (Å²) in [5.41, 5.74) is 2.67. The van der Waals surface area contributed by atoms with E-state index in [4.69, 9.17) is 9.72 Å². The molecule has 0 amide bonds. The van der Waals surface area contributed by atoms with Gasteiger partial charge in [-0.2, -0.15) is 0 Å². The minimum Gasteiger partial charge on any atom is -0.444 e. The summed E-state index contributed by atoms with van der Waals surface area (Å²) in [6.07, 6.45) is 35.4. The number of ether oxygens (including phenoxy) is 1. The molecule has 0 bridgehead atoms. The first-order valence-corrected chi connectivity index (χ1v) is 20.2. The zero-order chi connectivity index (χ0) is 40.1. The van der Waals surface area contributed by atoms with Crippen molar-refractivity contribution in [3.63, 3.8) is 0 Å². The number of nitrogens with zero attached hydrogens (tertiary/aromatic N) is 6. The minimum absolute atomic E-state index is 0.112. The van der Waals surface area contributed by atoms with Gasteiger partial charge in [-0.15, -0.1) is 0 Å². The van der Waals surface area contributed by atoms with Crippen LogP contribution in [-0.2, 0) is 22.8 Å². The Labute approximate surface area is 336 Å². The number of aromatic nitrogens is 4. The maximum atomic E-state index is 13.6. The maximum Gasteiger partial charge on any atom is 0.307 e. The second-order valence-corrected chi connectivity index (χ2v) is 14.1. The fourth-order valence-electron chi connectivity index (χ4n) is 6.73. The van der Waals surface area contributed by atoms with E-state index in [1.54, 1.807) is 0 Å². The van der Waals surface area contributed by atoms with Gasteiger partial charge in [0, 0.05) is 44.9 Å². The molecule has 1 saturated heterocycles. The van der Waals surface area contributed by atoms with Crippen molar-refractivity contribution in [3.05, 3.63) is 155 Å². The van der Waals surface area contributed by atoms with E-state index < -0.39 is 0 Å². The SMILES string of the molecule is CCC=CCC=CCC=CCC=CCC=CCC=CCCC(=O)OCn1c(N(C)C2CCN(c3nc4ccccc4n3Cc3ccc(F)cc3)CC2)nccc1=O. The molecule has 3 heterocycles. The van der Waals surface area contributed by atoms with E-state index in [1.165, 1.54) is 29.0 Å². The molecule has 0 radical (unpaired) electrons. The quantitative estimate of drug-likeness (QED) is 0.0616. The van der Waals surface area contributed by atoms with Crippen molar-refractivity contribution in [2.24, 2.45) is 0 Å². The molecule has 0 aliphatic carbocycles. The van der Waals surface area contributed by atoms with Crippen molar-refractivity contribution in [1.82, 2.24) is 19.1 Å². The zero-order valence-electron chi connectivity index (χ0n) is 33.5. The van der Waals surface area contributed by atoms with E-state index in [0.29, 0.717) is 18.9 Å². The fourth-order valence-corrected chi connectivity index (χ4v) is 6.73. The predicted molar refractivity (Wildman–Crippen MR) is 231 cm³/mol. The lowest BCUT2D eigenvalue weighted by molar-refractivity contribution is -0.147. The van der Waals surface area contributed by atoms with Crippen molar-refractivity contribution < 1.29 is 13.9 Å². The van der Waals surface area contributed by atoms with E-state index in [1.807, 2.05) is 54.4 Å². The average molecular weight is 773 g/mol. The lowest BCUT2D eigenvalue weighted by Crippen LogP contribution is -2.46. The molecular weight excluding hydrogens is 716 g/mol. The number of anilines is 2. The van der Waals surface area contributed by atoms with Gasteiger partial charge in [-0.25, -0.2) is 18.9 Å².